The van der Waals surface area contributed by atoms with Crippen molar-refractivity contribution in [3.63, 3.8) is 0 Å². The van der Waals surface area contributed by atoms with Crippen LogP contribution in [0.2, 0.25) is 0 Å². The molecule has 0 aromatic rings. The monoisotopic (exact) mass is 293 g/mol. The van der Waals surface area contributed by atoms with E-state index in [1.807, 2.05) is 10.2 Å². The summed E-state index contributed by atoms with van der Waals surface area (Å²) in [5, 5.41) is 5.40. The molecule has 1 amide bonds. The van der Waals surface area contributed by atoms with Gasteiger partial charge in [0.1, 0.15) is 6.54 Å². The maximum atomic E-state index is 12.0. The Morgan fingerprint density at radius 1 is 1.30 bits per heavy atom. The quantitative estimate of drug-likeness (QED) is 0.817. The minimum Gasteiger partial charge on any atom is -0.346 e. The molecule has 0 spiro atoms. The van der Waals surface area contributed by atoms with Gasteiger partial charge in [-0.25, -0.2) is 0 Å². The topological polar surface area (TPSA) is 44.4 Å². The molecular weight excluding hydrogens is 271 g/mol. The fraction of sp³-hybridized carbons (Fsp3) is 0.923. The highest BCUT2D eigenvalue weighted by molar-refractivity contribution is 5.78. The second-order valence-electron chi connectivity index (χ2n) is 5.73. The molecule has 0 aromatic carbocycles. The number of alkyl halides is 3. The van der Waals surface area contributed by atoms with Crippen LogP contribution in [0.3, 0.4) is 0 Å². The van der Waals surface area contributed by atoms with E-state index >= 15 is 0 Å². The van der Waals surface area contributed by atoms with Gasteiger partial charge >= 0.3 is 6.18 Å². The Kier molecular flexibility index (Phi) is 5.26. The van der Waals surface area contributed by atoms with Crippen LogP contribution >= 0.6 is 0 Å². The molecule has 116 valence electrons. The molecule has 0 aromatic heterocycles. The number of likely N-dealkylation sites (tertiary alicyclic amines) is 1. The Morgan fingerprint density at radius 2 is 2.10 bits per heavy atom. The molecule has 2 aliphatic rings. The summed E-state index contributed by atoms with van der Waals surface area (Å²) in [6, 6.07) is 0.510. The third-order valence-corrected chi connectivity index (χ3v) is 4.06. The number of piperidine rings is 1. The van der Waals surface area contributed by atoms with E-state index < -0.39 is 18.6 Å². The SMILES string of the molecule is O=C(CN1CCCC(C2CCCN2)C1)NCC(F)(F)F. The molecule has 0 saturated carbocycles. The number of carbonyl (C=O) groups is 1. The van der Waals surface area contributed by atoms with Crippen LogP contribution in [0.1, 0.15) is 25.7 Å². The van der Waals surface area contributed by atoms with Crippen molar-refractivity contribution in [2.75, 3.05) is 32.7 Å². The van der Waals surface area contributed by atoms with E-state index in [2.05, 4.69) is 5.32 Å². The predicted molar refractivity (Wildman–Crippen MR) is 69.3 cm³/mol. The van der Waals surface area contributed by atoms with E-state index in [1.54, 1.807) is 0 Å². The largest absolute Gasteiger partial charge is 0.405 e. The summed E-state index contributed by atoms with van der Waals surface area (Å²) in [6.07, 6.45) is 0.160. The molecular formula is C13H22F3N3O. The number of hydrogen-bond donors (Lipinski definition) is 2. The predicted octanol–water partition coefficient (Wildman–Crippen LogP) is 1.13. The number of carbonyl (C=O) groups excluding carboxylic acids is 1. The van der Waals surface area contributed by atoms with Crippen molar-refractivity contribution in [1.29, 1.82) is 0 Å². The van der Waals surface area contributed by atoms with Gasteiger partial charge in [0.15, 0.2) is 0 Å². The molecule has 4 nitrogen and oxygen atoms in total. The van der Waals surface area contributed by atoms with Crippen LogP contribution in [-0.2, 0) is 4.79 Å². The molecule has 0 radical (unpaired) electrons. The summed E-state index contributed by atoms with van der Waals surface area (Å²) < 4.78 is 36.1. The van der Waals surface area contributed by atoms with Gasteiger partial charge in [0, 0.05) is 12.6 Å². The summed E-state index contributed by atoms with van der Waals surface area (Å²) in [5.74, 6) is -0.0241. The molecule has 2 fully saturated rings. The lowest BCUT2D eigenvalue weighted by Gasteiger charge is -2.35. The van der Waals surface area contributed by atoms with Crippen LogP contribution in [0.25, 0.3) is 0 Å². The van der Waals surface area contributed by atoms with Crippen LogP contribution in [0.15, 0.2) is 0 Å². The maximum Gasteiger partial charge on any atom is 0.405 e. The molecule has 2 N–H and O–H groups in total. The van der Waals surface area contributed by atoms with Crippen LogP contribution < -0.4 is 10.6 Å². The lowest BCUT2D eigenvalue weighted by atomic mass is 9.90. The minimum atomic E-state index is -4.34. The van der Waals surface area contributed by atoms with Gasteiger partial charge in [-0.15, -0.1) is 0 Å². The van der Waals surface area contributed by atoms with Crippen molar-refractivity contribution in [2.24, 2.45) is 5.92 Å². The lowest BCUT2D eigenvalue weighted by Crippen LogP contribution is -2.47. The van der Waals surface area contributed by atoms with E-state index in [0.717, 1.165) is 32.5 Å². The first-order valence-electron chi connectivity index (χ1n) is 7.23. The number of nitrogens with one attached hydrogen (secondary N) is 2. The second-order valence-corrected chi connectivity index (χ2v) is 5.73. The molecule has 2 atom stereocenters. The standard InChI is InChI=1S/C13H22F3N3O/c14-13(15,16)9-18-12(20)8-19-6-2-3-10(7-19)11-4-1-5-17-11/h10-11,17H,1-9H2,(H,18,20). The second kappa shape index (κ2) is 6.76. The maximum absolute atomic E-state index is 12.0. The lowest BCUT2D eigenvalue weighted by molar-refractivity contribution is -0.139. The normalized spacial score (nSPS) is 28.6. The first-order valence-corrected chi connectivity index (χ1v) is 7.23. The van der Waals surface area contributed by atoms with E-state index in [-0.39, 0.29) is 6.54 Å². The third kappa shape index (κ3) is 4.94. The van der Waals surface area contributed by atoms with Gasteiger partial charge in [0.2, 0.25) is 5.91 Å². The summed E-state index contributed by atoms with van der Waals surface area (Å²) in [7, 11) is 0. The molecule has 2 heterocycles. The van der Waals surface area contributed by atoms with E-state index in [4.69, 9.17) is 0 Å². The summed E-state index contributed by atoms with van der Waals surface area (Å²) in [6.45, 7) is 1.47. The van der Waals surface area contributed by atoms with Gasteiger partial charge in [-0.05, 0) is 44.7 Å². The first-order chi connectivity index (χ1) is 9.44. The fourth-order valence-corrected chi connectivity index (χ4v) is 3.13. The first kappa shape index (κ1) is 15.6. The smallest absolute Gasteiger partial charge is 0.346 e. The summed E-state index contributed by atoms with van der Waals surface area (Å²) in [5.41, 5.74) is 0. The highest BCUT2D eigenvalue weighted by atomic mass is 19.4. The van der Waals surface area contributed by atoms with Gasteiger partial charge in [0.25, 0.3) is 0 Å². The zero-order valence-corrected chi connectivity index (χ0v) is 11.5. The zero-order valence-electron chi connectivity index (χ0n) is 11.5. The van der Waals surface area contributed by atoms with E-state index in [1.165, 1.54) is 12.8 Å². The van der Waals surface area contributed by atoms with E-state index in [9.17, 15) is 18.0 Å². The number of hydrogen-bond acceptors (Lipinski definition) is 3. The Balaban J connectivity index is 1.73. The zero-order chi connectivity index (χ0) is 14.6. The van der Waals surface area contributed by atoms with Crippen LogP contribution in [-0.4, -0.2) is 55.7 Å². The number of amides is 1. The Morgan fingerprint density at radius 3 is 2.75 bits per heavy atom. The average molecular weight is 293 g/mol. The van der Waals surface area contributed by atoms with Crippen LogP contribution in [0.5, 0.6) is 0 Å². The minimum absolute atomic E-state index is 0.0687. The molecule has 0 aliphatic carbocycles. The fourth-order valence-electron chi connectivity index (χ4n) is 3.13. The average Bonchev–Trinajstić information content (AvgIpc) is 2.90. The molecule has 2 unspecified atom stereocenters. The van der Waals surface area contributed by atoms with Crippen LogP contribution in [0, 0.1) is 5.92 Å². The Hall–Kier alpha value is -0.820. The number of halogens is 3. The van der Waals surface area contributed by atoms with Gasteiger partial charge < -0.3 is 10.6 Å². The molecule has 7 heteroatoms. The Labute approximate surface area is 117 Å². The van der Waals surface area contributed by atoms with Gasteiger partial charge in [-0.3, -0.25) is 9.69 Å². The molecule has 0 bridgehead atoms. The van der Waals surface area contributed by atoms with Gasteiger partial charge in [-0.1, -0.05) is 0 Å². The van der Waals surface area contributed by atoms with Crippen molar-refractivity contribution in [3.8, 4) is 0 Å². The molecule has 2 aliphatic heterocycles. The van der Waals surface area contributed by atoms with Crippen LogP contribution in [0.4, 0.5) is 13.2 Å². The van der Waals surface area contributed by atoms with Crippen molar-refractivity contribution in [1.82, 2.24) is 15.5 Å². The number of nitrogens with zero attached hydrogens (tertiary/aromatic N) is 1. The van der Waals surface area contributed by atoms with Crippen molar-refractivity contribution < 1.29 is 18.0 Å². The molecule has 20 heavy (non-hydrogen) atoms. The van der Waals surface area contributed by atoms with Crippen molar-refractivity contribution in [3.05, 3.63) is 0 Å². The van der Waals surface area contributed by atoms with E-state index in [0.29, 0.717) is 12.0 Å². The highest BCUT2D eigenvalue weighted by Crippen LogP contribution is 2.24. The number of rotatable bonds is 4. The van der Waals surface area contributed by atoms with Crippen molar-refractivity contribution in [2.45, 2.75) is 37.9 Å². The molecule has 2 rings (SSSR count). The van der Waals surface area contributed by atoms with Gasteiger partial charge in [0.05, 0.1) is 6.54 Å². The Bertz CT molecular complexity index is 329. The van der Waals surface area contributed by atoms with Crippen molar-refractivity contribution >= 4 is 5.91 Å². The molecule has 2 saturated heterocycles. The highest BCUT2D eigenvalue weighted by Gasteiger charge is 2.31. The third-order valence-electron chi connectivity index (χ3n) is 4.06. The van der Waals surface area contributed by atoms with Gasteiger partial charge in [-0.2, -0.15) is 13.2 Å². The summed E-state index contributed by atoms with van der Waals surface area (Å²) >= 11 is 0. The summed E-state index contributed by atoms with van der Waals surface area (Å²) in [4.78, 5) is 13.5.